The van der Waals surface area contributed by atoms with Crippen LogP contribution in [0.15, 0.2) is 16.7 Å². The number of halogens is 1. The first-order valence-corrected chi connectivity index (χ1v) is 6.69. The van der Waals surface area contributed by atoms with Crippen LogP contribution in [0.3, 0.4) is 0 Å². The highest BCUT2D eigenvalue weighted by atomic mass is 79.9. The van der Waals surface area contributed by atoms with E-state index in [0.717, 1.165) is 10.0 Å². The van der Waals surface area contributed by atoms with E-state index in [2.05, 4.69) is 26.2 Å². The minimum absolute atomic E-state index is 0.166. The topological polar surface area (TPSA) is 77.2 Å². The Balaban J connectivity index is 0.00000137. The van der Waals surface area contributed by atoms with Crippen LogP contribution in [0.5, 0.6) is 0 Å². The van der Waals surface area contributed by atoms with E-state index >= 15 is 0 Å². The number of aromatic nitrogens is 1. The van der Waals surface area contributed by atoms with E-state index in [4.69, 9.17) is 10.5 Å². The monoisotopic (exact) mass is 317 g/mol. The highest BCUT2D eigenvalue weighted by molar-refractivity contribution is 9.10. The van der Waals surface area contributed by atoms with Crippen molar-refractivity contribution >= 4 is 27.7 Å². The lowest BCUT2D eigenvalue weighted by Crippen LogP contribution is -2.24. The molecule has 1 heterocycles. The number of hydrogen-bond acceptors (Lipinski definition) is 5. The van der Waals surface area contributed by atoms with Crippen molar-refractivity contribution in [3.05, 3.63) is 22.3 Å². The highest BCUT2D eigenvalue weighted by Gasteiger charge is 2.04. The molecule has 102 valence electrons. The average Bonchev–Trinajstić information content (AvgIpc) is 2.36. The number of anilines is 1. The van der Waals surface area contributed by atoms with Gasteiger partial charge in [-0.25, -0.2) is 4.98 Å². The van der Waals surface area contributed by atoms with E-state index in [1.54, 1.807) is 13.1 Å². The van der Waals surface area contributed by atoms with E-state index < -0.39 is 0 Å². The van der Waals surface area contributed by atoms with Crippen molar-refractivity contribution < 1.29 is 9.53 Å². The van der Waals surface area contributed by atoms with Gasteiger partial charge < -0.3 is 15.8 Å². The second-order valence-electron chi connectivity index (χ2n) is 3.11. The standard InChI is InChI=1S/C10H14BrN3O2.C2H6/c1-2-16-9(15)6-13-4-7-3-8(11)5-14-10(7)12;1-2/h3,5,13H,2,4,6H2,1H3,(H2,12,14);1-2H3. The molecule has 6 heteroatoms. The maximum atomic E-state index is 11.0. The first kappa shape index (κ1) is 16.9. The highest BCUT2D eigenvalue weighted by Crippen LogP contribution is 2.14. The van der Waals surface area contributed by atoms with Crippen molar-refractivity contribution in [2.75, 3.05) is 18.9 Å². The molecular weight excluding hydrogens is 298 g/mol. The van der Waals surface area contributed by atoms with Gasteiger partial charge in [-0.3, -0.25) is 4.79 Å². The second-order valence-corrected chi connectivity index (χ2v) is 4.02. The van der Waals surface area contributed by atoms with E-state index in [1.165, 1.54) is 0 Å². The average molecular weight is 318 g/mol. The maximum Gasteiger partial charge on any atom is 0.319 e. The maximum absolute atomic E-state index is 11.0. The largest absolute Gasteiger partial charge is 0.465 e. The number of nitrogens with zero attached hydrogens (tertiary/aromatic N) is 1. The Morgan fingerprint density at radius 2 is 2.22 bits per heavy atom. The van der Waals surface area contributed by atoms with Gasteiger partial charge in [0.05, 0.1) is 13.2 Å². The summed E-state index contributed by atoms with van der Waals surface area (Å²) in [6.45, 7) is 6.81. The summed E-state index contributed by atoms with van der Waals surface area (Å²) >= 11 is 3.30. The zero-order chi connectivity index (χ0) is 14.0. The third-order valence-electron chi connectivity index (χ3n) is 1.86. The fourth-order valence-corrected chi connectivity index (χ4v) is 1.52. The van der Waals surface area contributed by atoms with Crippen LogP contribution in [0.4, 0.5) is 5.82 Å². The number of ether oxygens (including phenoxy) is 1. The molecule has 0 fully saturated rings. The summed E-state index contributed by atoms with van der Waals surface area (Å²) in [6.07, 6.45) is 1.63. The van der Waals surface area contributed by atoms with Gasteiger partial charge in [-0.2, -0.15) is 0 Å². The van der Waals surface area contributed by atoms with Crippen LogP contribution < -0.4 is 11.1 Å². The van der Waals surface area contributed by atoms with Gasteiger partial charge in [0.2, 0.25) is 0 Å². The molecule has 0 aromatic carbocycles. The van der Waals surface area contributed by atoms with Gasteiger partial charge >= 0.3 is 5.97 Å². The Bertz CT molecular complexity index is 372. The molecule has 0 aliphatic rings. The third kappa shape index (κ3) is 6.56. The summed E-state index contributed by atoms with van der Waals surface area (Å²) in [6, 6.07) is 1.86. The summed E-state index contributed by atoms with van der Waals surface area (Å²) in [4.78, 5) is 15.0. The number of carbonyl (C=O) groups is 1. The molecule has 0 atom stereocenters. The number of esters is 1. The molecule has 0 unspecified atom stereocenters. The number of nitrogens with one attached hydrogen (secondary N) is 1. The minimum atomic E-state index is -0.274. The van der Waals surface area contributed by atoms with Gasteiger partial charge in [0, 0.05) is 22.8 Å². The number of carbonyl (C=O) groups excluding carboxylic acids is 1. The van der Waals surface area contributed by atoms with E-state index in [-0.39, 0.29) is 12.5 Å². The Hall–Kier alpha value is -1.14. The molecule has 0 amide bonds. The lowest BCUT2D eigenvalue weighted by Gasteiger charge is -2.07. The Labute approximate surface area is 116 Å². The predicted octanol–water partition coefficient (Wildman–Crippen LogP) is 2.11. The first-order chi connectivity index (χ1) is 8.63. The first-order valence-electron chi connectivity index (χ1n) is 5.89. The zero-order valence-electron chi connectivity index (χ0n) is 11.0. The van der Waals surface area contributed by atoms with Crippen LogP contribution in [-0.4, -0.2) is 24.1 Å². The summed E-state index contributed by atoms with van der Waals surface area (Å²) in [5.41, 5.74) is 6.52. The van der Waals surface area contributed by atoms with Crippen molar-refractivity contribution in [1.29, 1.82) is 0 Å². The van der Waals surface area contributed by atoms with Crippen molar-refractivity contribution in [2.24, 2.45) is 0 Å². The Morgan fingerprint density at radius 3 is 2.83 bits per heavy atom. The van der Waals surface area contributed by atoms with Crippen LogP contribution >= 0.6 is 15.9 Å². The van der Waals surface area contributed by atoms with Crippen LogP contribution in [0, 0.1) is 0 Å². The second kappa shape index (κ2) is 9.85. The summed E-state index contributed by atoms with van der Waals surface area (Å²) < 4.78 is 5.63. The molecule has 3 N–H and O–H groups in total. The van der Waals surface area contributed by atoms with Crippen LogP contribution in [-0.2, 0) is 16.1 Å². The molecule has 5 nitrogen and oxygen atoms in total. The lowest BCUT2D eigenvalue weighted by molar-refractivity contribution is -0.142. The van der Waals surface area contributed by atoms with Crippen molar-refractivity contribution in [3.63, 3.8) is 0 Å². The third-order valence-corrected chi connectivity index (χ3v) is 2.29. The van der Waals surface area contributed by atoms with Gasteiger partial charge in [0.15, 0.2) is 0 Å². The van der Waals surface area contributed by atoms with Gasteiger partial charge in [0.1, 0.15) is 5.82 Å². The molecule has 1 rings (SSSR count). The van der Waals surface area contributed by atoms with Gasteiger partial charge in [0.25, 0.3) is 0 Å². The predicted molar refractivity (Wildman–Crippen MR) is 76.0 cm³/mol. The smallest absolute Gasteiger partial charge is 0.319 e. The van der Waals surface area contributed by atoms with Crippen LogP contribution in [0.25, 0.3) is 0 Å². The van der Waals surface area contributed by atoms with Gasteiger partial charge in [-0.1, -0.05) is 13.8 Å². The molecule has 0 radical (unpaired) electrons. The molecule has 18 heavy (non-hydrogen) atoms. The fraction of sp³-hybridized carbons (Fsp3) is 0.500. The number of nitrogens with two attached hydrogens (primary N) is 1. The molecule has 0 aliphatic carbocycles. The number of rotatable bonds is 5. The molecule has 0 aliphatic heterocycles. The van der Waals surface area contributed by atoms with Crippen molar-refractivity contribution in [1.82, 2.24) is 10.3 Å². The molecule has 0 saturated heterocycles. The van der Waals surface area contributed by atoms with Crippen LogP contribution in [0.2, 0.25) is 0 Å². The normalized spacial score (nSPS) is 9.33. The summed E-state index contributed by atoms with van der Waals surface area (Å²) in [5, 5.41) is 2.94. The molecule has 0 spiro atoms. The van der Waals surface area contributed by atoms with Crippen molar-refractivity contribution in [3.8, 4) is 0 Å². The Kier molecular flexibility index (Phi) is 9.22. The zero-order valence-corrected chi connectivity index (χ0v) is 12.6. The Morgan fingerprint density at radius 1 is 1.56 bits per heavy atom. The van der Waals surface area contributed by atoms with Gasteiger partial charge in [-0.05, 0) is 28.9 Å². The minimum Gasteiger partial charge on any atom is -0.465 e. The lowest BCUT2D eigenvalue weighted by atomic mass is 10.2. The summed E-state index contributed by atoms with van der Waals surface area (Å²) in [5.74, 6) is 0.184. The van der Waals surface area contributed by atoms with E-state index in [9.17, 15) is 4.79 Å². The number of pyridine rings is 1. The van der Waals surface area contributed by atoms with Crippen molar-refractivity contribution in [2.45, 2.75) is 27.3 Å². The molecule has 1 aromatic heterocycles. The van der Waals surface area contributed by atoms with Crippen LogP contribution in [0.1, 0.15) is 26.3 Å². The van der Waals surface area contributed by atoms with E-state index in [1.807, 2.05) is 19.9 Å². The molecule has 0 saturated carbocycles. The fourth-order valence-electron chi connectivity index (χ4n) is 1.14. The van der Waals surface area contributed by atoms with E-state index in [0.29, 0.717) is 19.0 Å². The number of nitrogen functional groups attached to an aromatic ring is 1. The quantitative estimate of drug-likeness (QED) is 0.813. The molecule has 1 aromatic rings. The molecule has 0 bridgehead atoms. The molecular formula is C12H20BrN3O2. The van der Waals surface area contributed by atoms with Gasteiger partial charge in [-0.15, -0.1) is 0 Å². The SMILES string of the molecule is CC.CCOC(=O)CNCc1cc(Br)cnc1N. The number of hydrogen-bond donors (Lipinski definition) is 2. The summed E-state index contributed by atoms with van der Waals surface area (Å²) in [7, 11) is 0.